The van der Waals surface area contributed by atoms with Crippen molar-refractivity contribution in [1.29, 1.82) is 0 Å². The first-order valence-electron chi connectivity index (χ1n) is 3.83. The molecule has 2 heteroatoms. The van der Waals surface area contributed by atoms with Gasteiger partial charge in [0.1, 0.15) is 0 Å². The van der Waals surface area contributed by atoms with Crippen LogP contribution in [0.3, 0.4) is 0 Å². The molecule has 0 amide bonds. The van der Waals surface area contributed by atoms with E-state index in [1.165, 1.54) is 5.57 Å². The van der Waals surface area contributed by atoms with Gasteiger partial charge in [-0.15, -0.1) is 11.6 Å². The molecule has 1 unspecified atom stereocenters. The van der Waals surface area contributed by atoms with Crippen molar-refractivity contribution in [3.05, 3.63) is 35.4 Å². The van der Waals surface area contributed by atoms with Crippen molar-refractivity contribution in [2.75, 3.05) is 0 Å². The molecule has 0 bridgehead atoms. The van der Waals surface area contributed by atoms with Crippen LogP contribution < -0.4 is 0 Å². The lowest BCUT2D eigenvalue weighted by atomic mass is 10.1. The normalized spacial score (nSPS) is 14.1. The van der Waals surface area contributed by atoms with Gasteiger partial charge in [0, 0.05) is 0 Å². The Bertz CT molecular complexity index is 194. The molecule has 0 aliphatic rings. The van der Waals surface area contributed by atoms with E-state index in [1.807, 2.05) is 18.0 Å². The van der Waals surface area contributed by atoms with Crippen molar-refractivity contribution in [3.8, 4) is 0 Å². The second kappa shape index (κ2) is 6.50. The Kier molecular flexibility index (Phi) is 6.49. The van der Waals surface area contributed by atoms with Crippen LogP contribution >= 0.6 is 27.5 Å². The molecule has 0 spiro atoms. The van der Waals surface area contributed by atoms with Gasteiger partial charge >= 0.3 is 0 Å². The van der Waals surface area contributed by atoms with E-state index >= 15 is 0 Å². The standard InChI is InChI=1S/C10H14BrCl/c1-4-9(7-11)5-6-10(12)8(2)3/h4,7,10H,1-2,5-6H2,3H3/b9-7+. The van der Waals surface area contributed by atoms with Crippen LogP contribution in [0, 0.1) is 0 Å². The molecule has 1 atom stereocenters. The number of rotatable bonds is 5. The lowest BCUT2D eigenvalue weighted by Gasteiger charge is -2.08. The van der Waals surface area contributed by atoms with Gasteiger partial charge in [0.05, 0.1) is 5.38 Å². The molecule has 68 valence electrons. The summed E-state index contributed by atoms with van der Waals surface area (Å²) in [6.45, 7) is 9.43. The monoisotopic (exact) mass is 248 g/mol. The van der Waals surface area contributed by atoms with Crippen LogP contribution in [-0.2, 0) is 0 Å². The summed E-state index contributed by atoms with van der Waals surface area (Å²) in [5.74, 6) is 0. The quantitative estimate of drug-likeness (QED) is 0.384. The number of alkyl halides is 1. The van der Waals surface area contributed by atoms with E-state index in [9.17, 15) is 0 Å². The molecule has 0 heterocycles. The fourth-order valence-corrected chi connectivity index (χ4v) is 1.27. The van der Waals surface area contributed by atoms with Gasteiger partial charge in [-0.3, -0.25) is 0 Å². The number of allylic oxidation sites excluding steroid dienone is 3. The van der Waals surface area contributed by atoms with E-state index in [4.69, 9.17) is 11.6 Å². The summed E-state index contributed by atoms with van der Waals surface area (Å²) in [5.41, 5.74) is 2.19. The Morgan fingerprint density at radius 1 is 1.67 bits per heavy atom. The SMILES string of the molecule is C=C/C(=C\Br)CCC(Cl)C(=C)C. The highest BCUT2D eigenvalue weighted by atomic mass is 79.9. The minimum Gasteiger partial charge on any atom is -0.118 e. The minimum atomic E-state index is 0.0763. The Morgan fingerprint density at radius 2 is 2.25 bits per heavy atom. The highest BCUT2D eigenvalue weighted by molar-refractivity contribution is 9.11. The Hall–Kier alpha value is -0.0100. The van der Waals surface area contributed by atoms with Crippen molar-refractivity contribution in [2.24, 2.45) is 0 Å². The number of hydrogen-bond acceptors (Lipinski definition) is 0. The second-order valence-corrected chi connectivity index (χ2v) is 3.73. The van der Waals surface area contributed by atoms with Crippen LogP contribution in [0.15, 0.2) is 35.4 Å². The first kappa shape index (κ1) is 12.0. The Morgan fingerprint density at radius 3 is 2.58 bits per heavy atom. The third-order valence-corrected chi connectivity index (χ3v) is 2.80. The smallest absolute Gasteiger partial charge is 0.0543 e. The molecular weight excluding hydrogens is 235 g/mol. The lowest BCUT2D eigenvalue weighted by Crippen LogP contribution is -1.98. The van der Waals surface area contributed by atoms with E-state index in [2.05, 4.69) is 29.1 Å². The third-order valence-electron chi connectivity index (χ3n) is 1.62. The second-order valence-electron chi connectivity index (χ2n) is 2.74. The van der Waals surface area contributed by atoms with Crippen molar-refractivity contribution in [2.45, 2.75) is 25.1 Å². The largest absolute Gasteiger partial charge is 0.118 e. The molecule has 0 aromatic rings. The van der Waals surface area contributed by atoms with E-state index in [-0.39, 0.29) is 5.38 Å². The van der Waals surface area contributed by atoms with Crippen molar-refractivity contribution in [3.63, 3.8) is 0 Å². The summed E-state index contributed by atoms with van der Waals surface area (Å²) in [5, 5.41) is 0.0763. The molecule has 0 aromatic heterocycles. The maximum absolute atomic E-state index is 6.00. The van der Waals surface area contributed by atoms with Gasteiger partial charge in [0.25, 0.3) is 0 Å². The van der Waals surface area contributed by atoms with Gasteiger partial charge in [0.15, 0.2) is 0 Å². The zero-order valence-corrected chi connectivity index (χ0v) is 9.66. The summed E-state index contributed by atoms with van der Waals surface area (Å²) in [7, 11) is 0. The topological polar surface area (TPSA) is 0 Å². The molecule has 12 heavy (non-hydrogen) atoms. The molecule has 0 aromatic carbocycles. The van der Waals surface area contributed by atoms with Gasteiger partial charge in [-0.1, -0.05) is 40.7 Å². The summed E-state index contributed by atoms with van der Waals surface area (Å²) in [6, 6.07) is 0. The van der Waals surface area contributed by atoms with Gasteiger partial charge in [-0.25, -0.2) is 0 Å². The predicted molar refractivity (Wildman–Crippen MR) is 60.9 cm³/mol. The molecule has 0 nitrogen and oxygen atoms in total. The van der Waals surface area contributed by atoms with E-state index < -0.39 is 0 Å². The van der Waals surface area contributed by atoms with E-state index in [1.54, 1.807) is 0 Å². The van der Waals surface area contributed by atoms with Crippen LogP contribution in [0.25, 0.3) is 0 Å². The first-order valence-corrected chi connectivity index (χ1v) is 5.18. The van der Waals surface area contributed by atoms with Gasteiger partial charge in [-0.2, -0.15) is 0 Å². The number of hydrogen-bond donors (Lipinski definition) is 0. The predicted octanol–water partition coefficient (Wildman–Crippen LogP) is 4.41. The van der Waals surface area contributed by atoms with Crippen molar-refractivity contribution in [1.82, 2.24) is 0 Å². The van der Waals surface area contributed by atoms with Crippen LogP contribution in [0.1, 0.15) is 19.8 Å². The van der Waals surface area contributed by atoms with Crippen molar-refractivity contribution >= 4 is 27.5 Å². The Labute approximate surface area is 88.1 Å². The maximum atomic E-state index is 6.00. The minimum absolute atomic E-state index is 0.0763. The van der Waals surface area contributed by atoms with Gasteiger partial charge in [-0.05, 0) is 30.3 Å². The highest BCUT2D eigenvalue weighted by Gasteiger charge is 2.04. The average molecular weight is 250 g/mol. The lowest BCUT2D eigenvalue weighted by molar-refractivity contribution is 0.826. The fourth-order valence-electron chi connectivity index (χ4n) is 0.741. The summed E-state index contributed by atoms with van der Waals surface area (Å²) < 4.78 is 0. The average Bonchev–Trinajstić information content (AvgIpc) is 2.05. The van der Waals surface area contributed by atoms with Crippen LogP contribution in [0.5, 0.6) is 0 Å². The summed E-state index contributed by atoms with van der Waals surface area (Å²) >= 11 is 9.26. The zero-order chi connectivity index (χ0) is 9.56. The molecule has 0 saturated carbocycles. The van der Waals surface area contributed by atoms with Crippen molar-refractivity contribution < 1.29 is 0 Å². The van der Waals surface area contributed by atoms with Crippen LogP contribution in [0.2, 0.25) is 0 Å². The van der Waals surface area contributed by atoms with E-state index in [0.717, 1.165) is 18.4 Å². The Balaban J connectivity index is 3.82. The van der Waals surface area contributed by atoms with Crippen LogP contribution in [-0.4, -0.2) is 5.38 Å². The molecule has 0 aliphatic carbocycles. The highest BCUT2D eigenvalue weighted by Crippen LogP contribution is 2.18. The summed E-state index contributed by atoms with van der Waals surface area (Å²) in [4.78, 5) is 1.88. The van der Waals surface area contributed by atoms with Gasteiger partial charge in [0.2, 0.25) is 0 Å². The molecule has 0 N–H and O–H groups in total. The fraction of sp³-hybridized carbons (Fsp3) is 0.400. The molecule has 0 aliphatic heterocycles. The zero-order valence-electron chi connectivity index (χ0n) is 7.32. The molecular formula is C10H14BrCl. The first-order chi connectivity index (χ1) is 5.61. The van der Waals surface area contributed by atoms with E-state index in [0.29, 0.717) is 0 Å². The molecule has 0 saturated heterocycles. The number of halogens is 2. The van der Waals surface area contributed by atoms with Crippen LogP contribution in [0.4, 0.5) is 0 Å². The molecule has 0 fully saturated rings. The third kappa shape index (κ3) is 4.78. The molecule has 0 rings (SSSR count). The maximum Gasteiger partial charge on any atom is 0.0543 e. The molecule has 0 radical (unpaired) electrons. The van der Waals surface area contributed by atoms with Gasteiger partial charge < -0.3 is 0 Å². The summed E-state index contributed by atoms with van der Waals surface area (Å²) in [6.07, 6.45) is 3.69.